The number of benzene rings is 1. The van der Waals surface area contributed by atoms with E-state index in [9.17, 15) is 0 Å². The van der Waals surface area contributed by atoms with Gasteiger partial charge in [0, 0.05) is 0 Å². The van der Waals surface area contributed by atoms with Gasteiger partial charge < -0.3 is 0 Å². The van der Waals surface area contributed by atoms with Gasteiger partial charge >= 0.3 is 0 Å². The van der Waals surface area contributed by atoms with E-state index in [-0.39, 0.29) is 5.38 Å². The molecule has 0 heterocycles. The lowest BCUT2D eigenvalue weighted by atomic mass is 9.86. The predicted octanol–water partition coefficient (Wildman–Crippen LogP) is 5.18. The van der Waals surface area contributed by atoms with E-state index in [4.69, 9.17) is 11.6 Å². The molecule has 0 fully saturated rings. The summed E-state index contributed by atoms with van der Waals surface area (Å²) in [5.41, 5.74) is 5.29. The second-order valence-electron chi connectivity index (χ2n) is 5.32. The van der Waals surface area contributed by atoms with Crippen LogP contribution in [0.1, 0.15) is 48.4 Å². The van der Waals surface area contributed by atoms with Crippen LogP contribution in [0, 0.1) is 32.6 Å². The van der Waals surface area contributed by atoms with E-state index in [0.29, 0.717) is 11.8 Å². The molecule has 0 amide bonds. The van der Waals surface area contributed by atoms with Crippen molar-refractivity contribution < 1.29 is 0 Å². The van der Waals surface area contributed by atoms with Crippen molar-refractivity contribution >= 4 is 11.6 Å². The molecule has 1 aromatic rings. The topological polar surface area (TPSA) is 0 Å². The number of rotatable bonds is 3. The van der Waals surface area contributed by atoms with Gasteiger partial charge in [-0.2, -0.15) is 0 Å². The highest BCUT2D eigenvalue weighted by Gasteiger charge is 2.22. The van der Waals surface area contributed by atoms with Crippen molar-refractivity contribution in [2.45, 2.75) is 46.9 Å². The molecule has 0 aliphatic rings. The van der Waals surface area contributed by atoms with Crippen LogP contribution in [-0.2, 0) is 0 Å². The van der Waals surface area contributed by atoms with Crippen LogP contribution in [-0.4, -0.2) is 0 Å². The van der Waals surface area contributed by atoms with Crippen LogP contribution >= 0.6 is 11.6 Å². The lowest BCUT2D eigenvalue weighted by molar-refractivity contribution is 0.405. The number of alkyl halides is 1. The average molecular weight is 239 g/mol. The first-order chi connectivity index (χ1) is 7.34. The van der Waals surface area contributed by atoms with Gasteiger partial charge in [0.1, 0.15) is 0 Å². The molecule has 2 atom stereocenters. The van der Waals surface area contributed by atoms with Crippen LogP contribution in [0.4, 0.5) is 0 Å². The van der Waals surface area contributed by atoms with E-state index in [0.717, 1.165) is 0 Å². The Hall–Kier alpha value is -0.490. The molecule has 0 spiro atoms. The molecular formula is C15H23Cl. The average Bonchev–Trinajstić information content (AvgIpc) is 2.14. The zero-order valence-corrected chi connectivity index (χ0v) is 12.0. The van der Waals surface area contributed by atoms with Crippen LogP contribution in [0.5, 0.6) is 0 Å². The molecule has 90 valence electrons. The number of halogens is 1. The van der Waals surface area contributed by atoms with Crippen molar-refractivity contribution in [3.8, 4) is 0 Å². The second kappa shape index (κ2) is 5.23. The van der Waals surface area contributed by atoms with Gasteiger partial charge in [-0.3, -0.25) is 0 Å². The molecule has 1 heteroatoms. The lowest BCUT2D eigenvalue weighted by Gasteiger charge is -2.25. The minimum absolute atomic E-state index is 0.126. The molecule has 0 N–H and O–H groups in total. The summed E-state index contributed by atoms with van der Waals surface area (Å²) in [5, 5.41) is 0.126. The number of hydrogen-bond donors (Lipinski definition) is 0. The van der Waals surface area contributed by atoms with Gasteiger partial charge in [-0.05, 0) is 49.3 Å². The zero-order chi connectivity index (χ0) is 12.5. The van der Waals surface area contributed by atoms with Crippen molar-refractivity contribution in [3.63, 3.8) is 0 Å². The van der Waals surface area contributed by atoms with Crippen LogP contribution < -0.4 is 0 Å². The third kappa shape index (κ3) is 2.79. The van der Waals surface area contributed by atoms with Gasteiger partial charge in [0.05, 0.1) is 5.38 Å². The Balaban J connectivity index is 3.13. The van der Waals surface area contributed by atoms with E-state index >= 15 is 0 Å². The summed E-state index contributed by atoms with van der Waals surface area (Å²) in [6.45, 7) is 13.2. The molecule has 16 heavy (non-hydrogen) atoms. The molecule has 1 aromatic carbocycles. The molecule has 0 saturated carbocycles. The molecule has 0 radical (unpaired) electrons. The van der Waals surface area contributed by atoms with Crippen LogP contribution in [0.25, 0.3) is 0 Å². The Kier molecular flexibility index (Phi) is 4.43. The zero-order valence-electron chi connectivity index (χ0n) is 11.3. The third-order valence-corrected chi connectivity index (χ3v) is 4.14. The molecule has 2 unspecified atom stereocenters. The van der Waals surface area contributed by atoms with Crippen LogP contribution in [0.3, 0.4) is 0 Å². The third-order valence-electron chi connectivity index (χ3n) is 3.53. The van der Waals surface area contributed by atoms with Crippen molar-refractivity contribution in [2.24, 2.45) is 11.8 Å². The largest absolute Gasteiger partial charge is 0.118 e. The highest BCUT2D eigenvalue weighted by Crippen LogP contribution is 2.37. The monoisotopic (exact) mass is 238 g/mol. The molecule has 0 aliphatic heterocycles. The van der Waals surface area contributed by atoms with Gasteiger partial charge in [0.25, 0.3) is 0 Å². The SMILES string of the molecule is Cc1cc(C)c(C(Cl)C(C)C(C)C)c(C)c1. The van der Waals surface area contributed by atoms with Gasteiger partial charge in [0.15, 0.2) is 0 Å². The summed E-state index contributed by atoms with van der Waals surface area (Å²) < 4.78 is 0. The van der Waals surface area contributed by atoms with Gasteiger partial charge in [-0.1, -0.05) is 38.5 Å². The Morgan fingerprint density at radius 2 is 1.38 bits per heavy atom. The molecule has 0 saturated heterocycles. The smallest absolute Gasteiger partial charge is 0.0618 e. The first-order valence-corrected chi connectivity index (χ1v) is 6.50. The fraction of sp³-hybridized carbons (Fsp3) is 0.600. The maximum Gasteiger partial charge on any atom is 0.0618 e. The van der Waals surface area contributed by atoms with E-state index in [1.54, 1.807) is 0 Å². The normalized spacial score (nSPS) is 15.2. The van der Waals surface area contributed by atoms with Gasteiger partial charge in [-0.15, -0.1) is 11.6 Å². The van der Waals surface area contributed by atoms with Gasteiger partial charge in [0.2, 0.25) is 0 Å². The Morgan fingerprint density at radius 1 is 0.938 bits per heavy atom. The van der Waals surface area contributed by atoms with Crippen molar-refractivity contribution in [3.05, 3.63) is 34.4 Å². The minimum atomic E-state index is 0.126. The van der Waals surface area contributed by atoms with Crippen LogP contribution in [0.15, 0.2) is 12.1 Å². The van der Waals surface area contributed by atoms with E-state index in [2.05, 4.69) is 53.7 Å². The number of aryl methyl sites for hydroxylation is 3. The first-order valence-electron chi connectivity index (χ1n) is 6.06. The quantitative estimate of drug-likeness (QED) is 0.637. The second-order valence-corrected chi connectivity index (χ2v) is 5.79. The molecule has 0 aliphatic carbocycles. The van der Waals surface area contributed by atoms with E-state index in [1.807, 2.05) is 0 Å². The highest BCUT2D eigenvalue weighted by molar-refractivity contribution is 6.21. The summed E-state index contributed by atoms with van der Waals surface area (Å²) in [6.07, 6.45) is 0. The Labute approximate surface area is 105 Å². The standard InChI is InChI=1S/C15H23Cl/c1-9(2)13(6)15(16)14-11(4)7-10(3)8-12(14)5/h7-9,13,15H,1-6H3. The summed E-state index contributed by atoms with van der Waals surface area (Å²) >= 11 is 6.61. The summed E-state index contributed by atoms with van der Waals surface area (Å²) in [7, 11) is 0. The summed E-state index contributed by atoms with van der Waals surface area (Å²) in [5.74, 6) is 1.12. The molecular weight excluding hydrogens is 216 g/mol. The maximum absolute atomic E-state index is 6.61. The summed E-state index contributed by atoms with van der Waals surface area (Å²) in [6, 6.07) is 4.45. The molecule has 0 bridgehead atoms. The van der Waals surface area contributed by atoms with Crippen molar-refractivity contribution in [1.82, 2.24) is 0 Å². The lowest BCUT2D eigenvalue weighted by Crippen LogP contribution is -2.13. The Bertz CT molecular complexity index is 343. The molecule has 0 aromatic heterocycles. The minimum Gasteiger partial charge on any atom is -0.118 e. The van der Waals surface area contributed by atoms with Gasteiger partial charge in [-0.25, -0.2) is 0 Å². The van der Waals surface area contributed by atoms with E-state index < -0.39 is 0 Å². The Morgan fingerprint density at radius 3 is 1.75 bits per heavy atom. The number of hydrogen-bond acceptors (Lipinski definition) is 0. The maximum atomic E-state index is 6.61. The molecule has 1 rings (SSSR count). The summed E-state index contributed by atoms with van der Waals surface area (Å²) in [4.78, 5) is 0. The fourth-order valence-electron chi connectivity index (χ4n) is 2.23. The van der Waals surface area contributed by atoms with Crippen LogP contribution in [0.2, 0.25) is 0 Å². The fourth-order valence-corrected chi connectivity index (χ4v) is 2.86. The first kappa shape index (κ1) is 13.6. The highest BCUT2D eigenvalue weighted by atomic mass is 35.5. The van der Waals surface area contributed by atoms with Crippen molar-refractivity contribution in [2.75, 3.05) is 0 Å². The van der Waals surface area contributed by atoms with Crippen molar-refractivity contribution in [1.29, 1.82) is 0 Å². The molecule has 0 nitrogen and oxygen atoms in total. The van der Waals surface area contributed by atoms with E-state index in [1.165, 1.54) is 22.3 Å². The predicted molar refractivity (Wildman–Crippen MR) is 73.2 cm³/mol.